The molecule has 2 aliphatic rings. The zero-order valence-corrected chi connectivity index (χ0v) is 14.8. The molecule has 0 aliphatic carbocycles. The number of benzene rings is 2. The van der Waals surface area contributed by atoms with Gasteiger partial charge in [-0.15, -0.1) is 0 Å². The molecule has 25 heavy (non-hydrogen) atoms. The van der Waals surface area contributed by atoms with Crippen molar-refractivity contribution in [2.24, 2.45) is 5.41 Å². The minimum Gasteiger partial charge on any atom is -0.370 e. The molecule has 2 fully saturated rings. The van der Waals surface area contributed by atoms with Gasteiger partial charge in [0.15, 0.2) is 0 Å². The second-order valence-electron chi connectivity index (χ2n) is 7.05. The zero-order chi connectivity index (χ0) is 17.5. The molecule has 2 heterocycles. The first-order valence-corrected chi connectivity index (χ1v) is 9.98. The first-order chi connectivity index (χ1) is 12.0. The van der Waals surface area contributed by atoms with Crippen LogP contribution in [0.15, 0.2) is 59.5 Å². The molecule has 0 N–H and O–H groups in total. The van der Waals surface area contributed by atoms with Gasteiger partial charge in [-0.3, -0.25) is 0 Å². The fourth-order valence-corrected chi connectivity index (χ4v) is 5.34. The van der Waals surface area contributed by atoms with E-state index in [1.165, 1.54) is 6.07 Å². The van der Waals surface area contributed by atoms with Crippen LogP contribution in [0.4, 0.5) is 10.1 Å². The summed E-state index contributed by atoms with van der Waals surface area (Å²) in [6, 6.07) is 15.3. The van der Waals surface area contributed by atoms with E-state index in [1.54, 1.807) is 40.7 Å². The molecule has 6 heteroatoms. The van der Waals surface area contributed by atoms with Gasteiger partial charge in [0, 0.05) is 37.3 Å². The third kappa shape index (κ3) is 3.04. The zero-order valence-electron chi connectivity index (χ0n) is 13.9. The predicted octanol–water partition coefficient (Wildman–Crippen LogP) is 3.12. The second-order valence-corrected chi connectivity index (χ2v) is 8.99. The lowest BCUT2D eigenvalue weighted by Gasteiger charge is -2.54. The van der Waals surface area contributed by atoms with Gasteiger partial charge in [-0.2, -0.15) is 4.31 Å². The molecule has 2 saturated heterocycles. The highest BCUT2D eigenvalue weighted by Gasteiger charge is 2.46. The van der Waals surface area contributed by atoms with Crippen molar-refractivity contribution < 1.29 is 12.8 Å². The SMILES string of the molecule is O=S(=O)(c1ccccc1)N1CCC2(CC1)CN(c1cccc(F)c1)C2. The van der Waals surface area contributed by atoms with Gasteiger partial charge in [0.1, 0.15) is 5.82 Å². The van der Waals surface area contributed by atoms with Crippen molar-refractivity contribution in [2.75, 3.05) is 31.1 Å². The van der Waals surface area contributed by atoms with E-state index < -0.39 is 10.0 Å². The number of halogens is 1. The Kier molecular flexibility index (Phi) is 4.04. The molecule has 0 unspecified atom stereocenters. The van der Waals surface area contributed by atoms with Gasteiger partial charge in [0.05, 0.1) is 4.90 Å². The monoisotopic (exact) mass is 360 g/mol. The summed E-state index contributed by atoms with van der Waals surface area (Å²) in [6.45, 7) is 2.84. The highest BCUT2D eigenvalue weighted by Crippen LogP contribution is 2.43. The maximum Gasteiger partial charge on any atom is 0.243 e. The van der Waals surface area contributed by atoms with E-state index in [0.717, 1.165) is 31.6 Å². The van der Waals surface area contributed by atoms with Crippen molar-refractivity contribution in [1.29, 1.82) is 0 Å². The van der Waals surface area contributed by atoms with E-state index >= 15 is 0 Å². The van der Waals surface area contributed by atoms with Crippen LogP contribution in [0.3, 0.4) is 0 Å². The summed E-state index contributed by atoms with van der Waals surface area (Å²) in [4.78, 5) is 2.53. The van der Waals surface area contributed by atoms with Crippen LogP contribution in [0.2, 0.25) is 0 Å². The normalized spacial score (nSPS) is 20.4. The molecule has 0 amide bonds. The third-order valence-electron chi connectivity index (χ3n) is 5.39. The van der Waals surface area contributed by atoms with Crippen molar-refractivity contribution in [3.63, 3.8) is 0 Å². The Morgan fingerprint density at radius 1 is 0.920 bits per heavy atom. The highest BCUT2D eigenvalue weighted by atomic mass is 32.2. The summed E-state index contributed by atoms with van der Waals surface area (Å²) >= 11 is 0. The number of sulfonamides is 1. The van der Waals surface area contributed by atoms with Gasteiger partial charge >= 0.3 is 0 Å². The van der Waals surface area contributed by atoms with E-state index in [9.17, 15) is 12.8 Å². The Morgan fingerprint density at radius 2 is 1.60 bits per heavy atom. The Morgan fingerprint density at radius 3 is 2.24 bits per heavy atom. The van der Waals surface area contributed by atoms with Crippen LogP contribution in [-0.4, -0.2) is 38.9 Å². The van der Waals surface area contributed by atoms with E-state index in [2.05, 4.69) is 4.90 Å². The van der Waals surface area contributed by atoms with Gasteiger partial charge in [0.25, 0.3) is 0 Å². The van der Waals surface area contributed by atoms with Crippen LogP contribution in [0.25, 0.3) is 0 Å². The summed E-state index contributed by atoms with van der Waals surface area (Å²) < 4.78 is 40.4. The minimum atomic E-state index is -3.40. The number of hydrogen-bond acceptors (Lipinski definition) is 3. The fraction of sp³-hybridized carbons (Fsp3) is 0.368. The van der Waals surface area contributed by atoms with Gasteiger partial charge < -0.3 is 4.90 Å². The lowest BCUT2D eigenvalue weighted by Crippen LogP contribution is -2.61. The number of rotatable bonds is 3. The molecular weight excluding hydrogens is 339 g/mol. The smallest absolute Gasteiger partial charge is 0.243 e. The molecule has 2 aliphatic heterocycles. The lowest BCUT2D eigenvalue weighted by atomic mass is 9.72. The maximum absolute atomic E-state index is 13.4. The Labute approximate surface area is 147 Å². The summed E-state index contributed by atoms with van der Waals surface area (Å²) in [5, 5.41) is 0. The van der Waals surface area contributed by atoms with Crippen molar-refractivity contribution in [3.05, 3.63) is 60.4 Å². The molecule has 0 atom stereocenters. The molecule has 132 valence electrons. The molecule has 1 spiro atoms. The summed E-state index contributed by atoms with van der Waals surface area (Å²) in [5.74, 6) is -0.220. The molecule has 0 aromatic heterocycles. The second kappa shape index (κ2) is 6.11. The average Bonchev–Trinajstić information content (AvgIpc) is 2.60. The first-order valence-electron chi connectivity index (χ1n) is 8.54. The van der Waals surface area contributed by atoms with Crippen molar-refractivity contribution in [3.8, 4) is 0 Å². The van der Waals surface area contributed by atoms with Crippen LogP contribution >= 0.6 is 0 Å². The number of hydrogen-bond donors (Lipinski definition) is 0. The van der Waals surface area contributed by atoms with E-state index in [4.69, 9.17) is 0 Å². The molecular formula is C19H21FN2O2S. The Balaban J connectivity index is 1.40. The number of anilines is 1. The molecule has 4 nitrogen and oxygen atoms in total. The molecule has 4 rings (SSSR count). The van der Waals surface area contributed by atoms with Crippen LogP contribution in [-0.2, 0) is 10.0 Å². The number of piperidine rings is 1. The maximum atomic E-state index is 13.4. The Bertz CT molecular complexity index is 854. The van der Waals surface area contributed by atoms with Gasteiger partial charge in [-0.05, 0) is 43.2 Å². The van der Waals surface area contributed by atoms with Gasteiger partial charge in [-0.25, -0.2) is 12.8 Å². The lowest BCUT2D eigenvalue weighted by molar-refractivity contribution is 0.115. The van der Waals surface area contributed by atoms with Crippen LogP contribution in [0.1, 0.15) is 12.8 Å². The first kappa shape index (κ1) is 16.5. The summed E-state index contributed by atoms with van der Waals surface area (Å²) in [6.07, 6.45) is 1.70. The molecule has 0 saturated carbocycles. The van der Waals surface area contributed by atoms with E-state index in [0.29, 0.717) is 18.0 Å². The van der Waals surface area contributed by atoms with Crippen LogP contribution in [0.5, 0.6) is 0 Å². The quantitative estimate of drug-likeness (QED) is 0.844. The van der Waals surface area contributed by atoms with E-state index in [-0.39, 0.29) is 11.2 Å². The van der Waals surface area contributed by atoms with Crippen LogP contribution in [0, 0.1) is 11.2 Å². The standard InChI is InChI=1S/C19H21FN2O2S/c20-16-5-4-6-17(13-16)21-14-19(15-21)9-11-22(12-10-19)25(23,24)18-7-2-1-3-8-18/h1-8,13H,9-12,14-15H2. The number of nitrogens with zero attached hydrogens (tertiary/aromatic N) is 2. The minimum absolute atomic E-state index is 0.162. The van der Waals surface area contributed by atoms with Crippen molar-refractivity contribution >= 4 is 15.7 Å². The molecule has 0 bridgehead atoms. The van der Waals surface area contributed by atoms with Crippen molar-refractivity contribution in [1.82, 2.24) is 4.31 Å². The average molecular weight is 360 g/mol. The summed E-state index contributed by atoms with van der Waals surface area (Å²) in [7, 11) is -3.40. The fourth-order valence-electron chi connectivity index (χ4n) is 3.88. The summed E-state index contributed by atoms with van der Waals surface area (Å²) in [5.41, 5.74) is 1.07. The molecule has 2 aromatic rings. The van der Waals surface area contributed by atoms with E-state index in [1.807, 2.05) is 12.1 Å². The van der Waals surface area contributed by atoms with Crippen molar-refractivity contribution in [2.45, 2.75) is 17.7 Å². The van der Waals surface area contributed by atoms with Gasteiger partial charge in [0.2, 0.25) is 10.0 Å². The topological polar surface area (TPSA) is 40.6 Å². The van der Waals surface area contributed by atoms with Crippen LogP contribution < -0.4 is 4.90 Å². The predicted molar refractivity (Wildman–Crippen MR) is 95.5 cm³/mol. The molecule has 2 aromatic carbocycles. The molecule has 0 radical (unpaired) electrons. The van der Waals surface area contributed by atoms with Gasteiger partial charge in [-0.1, -0.05) is 24.3 Å². The highest BCUT2D eigenvalue weighted by molar-refractivity contribution is 7.89. The third-order valence-corrected chi connectivity index (χ3v) is 7.30. The largest absolute Gasteiger partial charge is 0.370 e. The Hall–Kier alpha value is -1.92.